The fourth-order valence-corrected chi connectivity index (χ4v) is 3.59. The highest BCUT2D eigenvalue weighted by atomic mass is 79.9. The minimum atomic E-state index is -1.33. The van der Waals surface area contributed by atoms with Crippen LogP contribution in [0, 0.1) is 17.2 Å². The van der Waals surface area contributed by atoms with Crippen LogP contribution >= 0.6 is 27.5 Å². The van der Waals surface area contributed by atoms with Gasteiger partial charge in [0.2, 0.25) is 5.88 Å². The second kappa shape index (κ2) is 8.43. The topological polar surface area (TPSA) is 112 Å². The van der Waals surface area contributed by atoms with E-state index in [1.54, 1.807) is 19.9 Å². The molecular weight excluding hydrogens is 428 g/mol. The van der Waals surface area contributed by atoms with Crippen molar-refractivity contribution >= 4 is 39.5 Å². The first-order valence-electron chi connectivity index (χ1n) is 7.75. The molecule has 26 heavy (non-hydrogen) atoms. The van der Waals surface area contributed by atoms with Crippen molar-refractivity contribution in [2.45, 2.75) is 19.8 Å². The molecule has 0 saturated heterocycles. The van der Waals surface area contributed by atoms with Gasteiger partial charge in [0.1, 0.15) is 11.3 Å². The maximum Gasteiger partial charge on any atom is 0.340 e. The number of nitrogens with two attached hydrogens (primary N) is 1. The maximum absolute atomic E-state index is 12.5. The monoisotopic (exact) mass is 442 g/mol. The molecule has 1 aliphatic heterocycles. The van der Waals surface area contributed by atoms with Gasteiger partial charge in [0.15, 0.2) is 5.92 Å². The number of nitriles is 1. The molecule has 0 bridgehead atoms. The van der Waals surface area contributed by atoms with E-state index in [9.17, 15) is 14.9 Å². The molecule has 0 radical (unpaired) electrons. The molecule has 0 aliphatic carbocycles. The summed E-state index contributed by atoms with van der Waals surface area (Å²) in [5, 5.41) is 9.93. The van der Waals surface area contributed by atoms with Crippen molar-refractivity contribution in [2.75, 3.05) is 13.2 Å². The summed E-state index contributed by atoms with van der Waals surface area (Å²) in [5.41, 5.74) is 6.17. The van der Waals surface area contributed by atoms with Crippen molar-refractivity contribution in [2.24, 2.45) is 11.7 Å². The van der Waals surface area contributed by atoms with Crippen molar-refractivity contribution in [1.82, 2.24) is 0 Å². The van der Waals surface area contributed by atoms with E-state index in [1.807, 2.05) is 6.07 Å². The number of hydrogen-bond acceptors (Lipinski definition) is 7. The minimum absolute atomic E-state index is 0.0836. The van der Waals surface area contributed by atoms with Gasteiger partial charge in [0.05, 0.1) is 29.7 Å². The number of fused-ring (bicyclic) bond motifs is 1. The summed E-state index contributed by atoms with van der Waals surface area (Å²) in [7, 11) is 0. The van der Waals surface area contributed by atoms with E-state index in [-0.39, 0.29) is 30.4 Å². The van der Waals surface area contributed by atoms with Crippen molar-refractivity contribution in [3.63, 3.8) is 0 Å². The Morgan fingerprint density at radius 2 is 2.04 bits per heavy atom. The zero-order chi connectivity index (χ0) is 19.4. The fourth-order valence-electron chi connectivity index (χ4n) is 2.67. The lowest BCUT2D eigenvalue weighted by Gasteiger charge is -2.30. The Hall–Kier alpha value is -2.24. The quantitative estimate of drug-likeness (QED) is 0.696. The van der Waals surface area contributed by atoms with Crippen LogP contribution in [0.3, 0.4) is 0 Å². The summed E-state index contributed by atoms with van der Waals surface area (Å²) in [6, 6.07) is 4.99. The number of carbonyl (C=O) groups excluding carboxylic acids is 2. The van der Waals surface area contributed by atoms with Gasteiger partial charge in [-0.2, -0.15) is 5.26 Å². The van der Waals surface area contributed by atoms with E-state index >= 15 is 0 Å². The predicted molar refractivity (Wildman–Crippen MR) is 96.1 cm³/mol. The van der Waals surface area contributed by atoms with Crippen LogP contribution in [0.5, 0.6) is 5.75 Å². The van der Waals surface area contributed by atoms with Crippen molar-refractivity contribution < 1.29 is 23.8 Å². The average Bonchev–Trinajstić information content (AvgIpc) is 2.56. The number of carbonyl (C=O) groups is 2. The number of esters is 2. The summed E-state index contributed by atoms with van der Waals surface area (Å²) < 4.78 is 16.0. The van der Waals surface area contributed by atoms with Crippen LogP contribution in [-0.2, 0) is 19.1 Å². The minimum Gasteiger partial charge on any atom is -0.465 e. The Bertz CT molecular complexity index is 818. The van der Waals surface area contributed by atoms with Gasteiger partial charge in [-0.3, -0.25) is 4.79 Å². The molecule has 7 nitrogen and oxygen atoms in total. The summed E-state index contributed by atoms with van der Waals surface area (Å²) in [6.07, 6.45) is 0. The van der Waals surface area contributed by atoms with Gasteiger partial charge in [-0.05, 0) is 41.9 Å². The van der Waals surface area contributed by atoms with E-state index in [1.165, 1.54) is 6.07 Å². The average molecular weight is 444 g/mol. The lowest BCUT2D eigenvalue weighted by molar-refractivity contribution is -0.146. The molecule has 0 spiro atoms. The molecule has 2 N–H and O–H groups in total. The van der Waals surface area contributed by atoms with Gasteiger partial charge in [-0.25, -0.2) is 4.79 Å². The molecule has 0 aromatic heterocycles. The lowest BCUT2D eigenvalue weighted by Crippen LogP contribution is -2.34. The number of nitrogens with zero attached hydrogens (tertiary/aromatic N) is 1. The molecule has 0 saturated carbocycles. The van der Waals surface area contributed by atoms with E-state index in [4.69, 9.17) is 31.5 Å². The zero-order valence-electron chi connectivity index (χ0n) is 14.0. The van der Waals surface area contributed by atoms with Crippen LogP contribution in [-0.4, -0.2) is 25.2 Å². The first-order chi connectivity index (χ1) is 12.3. The normalized spacial score (nSPS) is 16.8. The van der Waals surface area contributed by atoms with Crippen LogP contribution in [0.4, 0.5) is 0 Å². The summed E-state index contributed by atoms with van der Waals surface area (Å²) in [5.74, 6) is -3.90. The Balaban J connectivity index is 2.70. The highest BCUT2D eigenvalue weighted by Gasteiger charge is 2.44. The molecule has 0 unspecified atom stereocenters. The van der Waals surface area contributed by atoms with Crippen LogP contribution in [0.2, 0.25) is 5.02 Å². The first kappa shape index (κ1) is 20.1. The highest BCUT2D eigenvalue weighted by Crippen LogP contribution is 2.47. The lowest BCUT2D eigenvalue weighted by atomic mass is 9.79. The largest absolute Gasteiger partial charge is 0.465 e. The standard InChI is InChI=1S/C17H16BrClN2O5/c1-3-24-16(22)10(7-20)12-9-5-8(19)6-11(18)14(9)26-15(21)13(12)17(23)25-4-2/h5-6,10,12H,3-4,21H2,1-2H3/t10-,12+/m0/s1. The molecule has 1 aromatic rings. The van der Waals surface area contributed by atoms with Crippen LogP contribution in [0.15, 0.2) is 28.1 Å². The van der Waals surface area contributed by atoms with Crippen LogP contribution < -0.4 is 10.5 Å². The number of hydrogen-bond donors (Lipinski definition) is 1. The summed E-state index contributed by atoms with van der Waals surface area (Å²) in [6.45, 7) is 3.42. The molecule has 2 rings (SSSR count). The third kappa shape index (κ3) is 3.79. The number of rotatable bonds is 5. The molecule has 9 heteroatoms. The number of ether oxygens (including phenoxy) is 3. The first-order valence-corrected chi connectivity index (χ1v) is 8.92. The van der Waals surface area contributed by atoms with Gasteiger partial charge < -0.3 is 19.9 Å². The zero-order valence-corrected chi connectivity index (χ0v) is 16.4. The van der Waals surface area contributed by atoms with Crippen LogP contribution in [0.25, 0.3) is 0 Å². The van der Waals surface area contributed by atoms with Gasteiger partial charge in [-0.1, -0.05) is 11.6 Å². The molecule has 0 amide bonds. The van der Waals surface area contributed by atoms with Gasteiger partial charge in [-0.15, -0.1) is 0 Å². The van der Waals surface area contributed by atoms with E-state index in [0.717, 1.165) is 0 Å². The molecule has 1 aliphatic rings. The fraction of sp³-hybridized carbons (Fsp3) is 0.353. The number of halogens is 2. The molecule has 0 fully saturated rings. The smallest absolute Gasteiger partial charge is 0.340 e. The predicted octanol–water partition coefficient (Wildman–Crippen LogP) is 3.01. The van der Waals surface area contributed by atoms with E-state index in [0.29, 0.717) is 15.1 Å². The Morgan fingerprint density at radius 3 is 2.62 bits per heavy atom. The third-order valence-corrected chi connectivity index (χ3v) is 4.48. The van der Waals surface area contributed by atoms with Gasteiger partial charge in [0, 0.05) is 10.6 Å². The third-order valence-electron chi connectivity index (χ3n) is 3.67. The van der Waals surface area contributed by atoms with Crippen molar-refractivity contribution in [3.05, 3.63) is 38.6 Å². The van der Waals surface area contributed by atoms with Gasteiger partial charge in [0.25, 0.3) is 0 Å². The molecular formula is C17H16BrClN2O5. The van der Waals surface area contributed by atoms with Crippen molar-refractivity contribution in [1.29, 1.82) is 5.26 Å². The van der Waals surface area contributed by atoms with E-state index < -0.39 is 23.8 Å². The van der Waals surface area contributed by atoms with Crippen LogP contribution in [0.1, 0.15) is 25.3 Å². The van der Waals surface area contributed by atoms with Gasteiger partial charge >= 0.3 is 11.9 Å². The summed E-state index contributed by atoms with van der Waals surface area (Å²) >= 11 is 9.42. The Kier molecular flexibility index (Phi) is 6.51. The Labute approximate surface area is 163 Å². The summed E-state index contributed by atoms with van der Waals surface area (Å²) in [4.78, 5) is 24.8. The molecule has 1 aromatic carbocycles. The Morgan fingerprint density at radius 1 is 1.38 bits per heavy atom. The second-order valence-electron chi connectivity index (χ2n) is 5.24. The molecule has 138 valence electrons. The molecule has 2 atom stereocenters. The SMILES string of the molecule is CCOC(=O)C1=C(N)Oc2c(Br)cc(Cl)cc2[C@@H]1[C@H](C#N)C(=O)OCC. The highest BCUT2D eigenvalue weighted by molar-refractivity contribution is 9.10. The number of benzene rings is 1. The molecule has 1 heterocycles. The second-order valence-corrected chi connectivity index (χ2v) is 6.53. The van der Waals surface area contributed by atoms with E-state index in [2.05, 4.69) is 15.9 Å². The van der Waals surface area contributed by atoms with Crippen molar-refractivity contribution in [3.8, 4) is 11.8 Å². The maximum atomic E-state index is 12.5.